The first-order valence-corrected chi connectivity index (χ1v) is 6.65. The van der Waals surface area contributed by atoms with Gasteiger partial charge in [0.25, 0.3) is 0 Å². The Morgan fingerprint density at radius 3 is 2.67 bits per heavy atom. The lowest BCUT2D eigenvalue weighted by Gasteiger charge is -2.17. The predicted octanol–water partition coefficient (Wildman–Crippen LogP) is 3.10. The second kappa shape index (κ2) is 6.54. The maximum absolute atomic E-state index is 14.0. The average Bonchev–Trinajstić information content (AvgIpc) is 2.45. The number of benzene rings is 1. The fourth-order valence-corrected chi connectivity index (χ4v) is 2.05. The molecule has 0 amide bonds. The van der Waals surface area contributed by atoms with E-state index in [-0.39, 0.29) is 17.4 Å². The maximum Gasteiger partial charge on any atom is 0.138 e. The minimum atomic E-state index is -1.18. The number of methoxy groups -OCH3 is 1. The molecule has 1 aromatic heterocycles. The highest BCUT2D eigenvalue weighted by atomic mass is 19.1. The van der Waals surface area contributed by atoms with Gasteiger partial charge in [-0.3, -0.25) is 4.98 Å². The molecule has 0 aliphatic carbocycles. The molecule has 1 unspecified atom stereocenters. The van der Waals surface area contributed by atoms with Crippen LogP contribution in [0.3, 0.4) is 0 Å². The summed E-state index contributed by atoms with van der Waals surface area (Å²) in [6, 6.07) is 6.05. The highest BCUT2D eigenvalue weighted by molar-refractivity contribution is 5.41. The Balaban J connectivity index is 2.38. The molecular weight excluding hydrogens is 273 g/mol. The summed E-state index contributed by atoms with van der Waals surface area (Å²) < 4.78 is 24.6. The molecule has 112 valence electrons. The van der Waals surface area contributed by atoms with E-state index in [1.165, 1.54) is 25.4 Å². The quantitative estimate of drug-likeness (QED) is 0.919. The van der Waals surface area contributed by atoms with E-state index in [1.807, 2.05) is 13.8 Å². The lowest BCUT2D eigenvalue weighted by atomic mass is 10.0. The van der Waals surface area contributed by atoms with Gasteiger partial charge in [0.05, 0.1) is 25.0 Å². The van der Waals surface area contributed by atoms with E-state index in [9.17, 15) is 9.50 Å². The summed E-state index contributed by atoms with van der Waals surface area (Å²) in [6.45, 7) is 3.78. The molecule has 5 heteroatoms. The minimum Gasteiger partial charge on any atom is -0.496 e. The number of rotatable bonds is 5. The molecule has 0 spiro atoms. The normalized spacial score (nSPS) is 12.3. The van der Waals surface area contributed by atoms with Crippen LogP contribution in [0.15, 0.2) is 36.7 Å². The number of hydrogen-bond acceptors (Lipinski definition) is 4. The van der Waals surface area contributed by atoms with Gasteiger partial charge in [-0.2, -0.15) is 0 Å². The number of halogens is 1. The molecule has 1 N–H and O–H groups in total. The van der Waals surface area contributed by atoms with Gasteiger partial charge < -0.3 is 14.6 Å². The number of nitrogens with zero attached hydrogens (tertiary/aromatic N) is 1. The smallest absolute Gasteiger partial charge is 0.138 e. The van der Waals surface area contributed by atoms with E-state index in [2.05, 4.69) is 4.98 Å². The second-order valence-electron chi connectivity index (χ2n) is 4.88. The second-order valence-corrected chi connectivity index (χ2v) is 4.88. The van der Waals surface area contributed by atoms with Crippen LogP contribution in [0.1, 0.15) is 31.1 Å². The summed E-state index contributed by atoms with van der Waals surface area (Å²) >= 11 is 0. The first-order chi connectivity index (χ1) is 10.0. The van der Waals surface area contributed by atoms with Crippen LogP contribution in [0.4, 0.5) is 4.39 Å². The van der Waals surface area contributed by atoms with Crippen LogP contribution >= 0.6 is 0 Å². The molecule has 2 aromatic rings. The summed E-state index contributed by atoms with van der Waals surface area (Å²) in [4.78, 5) is 4.02. The van der Waals surface area contributed by atoms with Gasteiger partial charge in [-0.15, -0.1) is 0 Å². The molecule has 0 bridgehead atoms. The van der Waals surface area contributed by atoms with Gasteiger partial charge in [-0.1, -0.05) is 6.07 Å². The molecule has 0 aliphatic rings. The van der Waals surface area contributed by atoms with Gasteiger partial charge in [-0.25, -0.2) is 4.39 Å². The molecule has 0 radical (unpaired) electrons. The zero-order valence-corrected chi connectivity index (χ0v) is 12.2. The Morgan fingerprint density at radius 1 is 1.24 bits per heavy atom. The van der Waals surface area contributed by atoms with E-state index >= 15 is 0 Å². The Morgan fingerprint density at radius 2 is 2.00 bits per heavy atom. The van der Waals surface area contributed by atoms with Crippen molar-refractivity contribution in [1.82, 2.24) is 4.98 Å². The van der Waals surface area contributed by atoms with Crippen molar-refractivity contribution < 1.29 is 19.0 Å². The standard InChI is InChI=1S/C16H18FNO3/c1-10(2)21-12-7-11(8-18-9-12)16(19)15-13(17)5-4-6-14(15)20-3/h4-10,16,19H,1-3H3. The highest BCUT2D eigenvalue weighted by Gasteiger charge is 2.20. The lowest BCUT2D eigenvalue weighted by Crippen LogP contribution is -2.08. The summed E-state index contributed by atoms with van der Waals surface area (Å²) in [5, 5.41) is 10.4. The SMILES string of the molecule is COc1cccc(F)c1C(O)c1cncc(OC(C)C)c1. The lowest BCUT2D eigenvalue weighted by molar-refractivity contribution is 0.205. The number of pyridine rings is 1. The van der Waals surface area contributed by atoms with Crippen molar-refractivity contribution in [3.8, 4) is 11.5 Å². The van der Waals surface area contributed by atoms with Crippen molar-refractivity contribution in [2.75, 3.05) is 7.11 Å². The Labute approximate surface area is 123 Å². The van der Waals surface area contributed by atoms with E-state index in [0.29, 0.717) is 11.3 Å². The molecule has 2 rings (SSSR count). The van der Waals surface area contributed by atoms with Gasteiger partial charge in [0.1, 0.15) is 23.4 Å². The fourth-order valence-electron chi connectivity index (χ4n) is 2.05. The minimum absolute atomic E-state index is 0.0119. The third kappa shape index (κ3) is 3.49. The average molecular weight is 291 g/mol. The number of aromatic nitrogens is 1. The highest BCUT2D eigenvalue weighted by Crippen LogP contribution is 2.32. The van der Waals surface area contributed by atoms with Crippen molar-refractivity contribution in [1.29, 1.82) is 0 Å². The molecule has 0 saturated heterocycles. The topological polar surface area (TPSA) is 51.6 Å². The van der Waals surface area contributed by atoms with Crippen LogP contribution < -0.4 is 9.47 Å². The Hall–Kier alpha value is -2.14. The molecule has 1 heterocycles. The Kier molecular flexibility index (Phi) is 4.75. The van der Waals surface area contributed by atoms with E-state index in [1.54, 1.807) is 18.3 Å². The van der Waals surface area contributed by atoms with E-state index < -0.39 is 11.9 Å². The van der Waals surface area contributed by atoms with Gasteiger partial charge in [0.15, 0.2) is 0 Å². The van der Waals surface area contributed by atoms with E-state index in [4.69, 9.17) is 9.47 Å². The van der Waals surface area contributed by atoms with Gasteiger partial charge in [0.2, 0.25) is 0 Å². The number of aliphatic hydroxyl groups excluding tert-OH is 1. The largest absolute Gasteiger partial charge is 0.496 e. The molecule has 0 aliphatic heterocycles. The van der Waals surface area contributed by atoms with Gasteiger partial charge in [-0.05, 0) is 32.0 Å². The number of aliphatic hydroxyl groups is 1. The summed E-state index contributed by atoms with van der Waals surface area (Å²) in [6.07, 6.45) is 1.84. The molecule has 1 aromatic carbocycles. The van der Waals surface area contributed by atoms with Crippen LogP contribution in [0, 0.1) is 5.82 Å². The van der Waals surface area contributed by atoms with E-state index in [0.717, 1.165) is 0 Å². The molecule has 0 fully saturated rings. The molecule has 0 saturated carbocycles. The van der Waals surface area contributed by atoms with Crippen LogP contribution in [0.25, 0.3) is 0 Å². The van der Waals surface area contributed by atoms with Crippen molar-refractivity contribution >= 4 is 0 Å². The predicted molar refractivity (Wildman–Crippen MR) is 77.0 cm³/mol. The Bertz CT molecular complexity index is 616. The van der Waals surface area contributed by atoms with Crippen LogP contribution in [-0.4, -0.2) is 23.3 Å². The number of ether oxygens (including phenoxy) is 2. The zero-order valence-electron chi connectivity index (χ0n) is 12.2. The molecular formula is C16H18FNO3. The van der Waals surface area contributed by atoms with Crippen molar-refractivity contribution in [2.24, 2.45) is 0 Å². The monoisotopic (exact) mass is 291 g/mol. The number of hydrogen-bond donors (Lipinski definition) is 1. The van der Waals surface area contributed by atoms with Crippen molar-refractivity contribution in [3.05, 3.63) is 53.6 Å². The summed E-state index contributed by atoms with van der Waals surface area (Å²) in [5.41, 5.74) is 0.528. The van der Waals surface area contributed by atoms with Crippen LogP contribution in [0.2, 0.25) is 0 Å². The van der Waals surface area contributed by atoms with Crippen LogP contribution in [0.5, 0.6) is 11.5 Å². The molecule has 1 atom stereocenters. The fraction of sp³-hybridized carbons (Fsp3) is 0.312. The molecule has 4 nitrogen and oxygen atoms in total. The van der Waals surface area contributed by atoms with Crippen LogP contribution in [-0.2, 0) is 0 Å². The summed E-state index contributed by atoms with van der Waals surface area (Å²) in [5.74, 6) is 0.284. The van der Waals surface area contributed by atoms with Gasteiger partial charge >= 0.3 is 0 Å². The third-order valence-corrected chi connectivity index (χ3v) is 2.93. The first-order valence-electron chi connectivity index (χ1n) is 6.65. The third-order valence-electron chi connectivity index (χ3n) is 2.93. The zero-order chi connectivity index (χ0) is 15.4. The van der Waals surface area contributed by atoms with Crippen molar-refractivity contribution in [3.63, 3.8) is 0 Å². The van der Waals surface area contributed by atoms with Crippen molar-refractivity contribution in [2.45, 2.75) is 26.1 Å². The van der Waals surface area contributed by atoms with Gasteiger partial charge in [0, 0.05) is 11.8 Å². The molecule has 21 heavy (non-hydrogen) atoms. The summed E-state index contributed by atoms with van der Waals surface area (Å²) in [7, 11) is 1.43. The first kappa shape index (κ1) is 15.3. The maximum atomic E-state index is 14.0.